The van der Waals surface area contributed by atoms with Crippen molar-refractivity contribution in [1.82, 2.24) is 15.1 Å². The molecule has 0 atom stereocenters. The van der Waals surface area contributed by atoms with E-state index in [9.17, 15) is 14.4 Å². The van der Waals surface area contributed by atoms with Crippen LogP contribution < -0.4 is 11.1 Å². The summed E-state index contributed by atoms with van der Waals surface area (Å²) in [6, 6.07) is 6.58. The predicted molar refractivity (Wildman–Crippen MR) is 107 cm³/mol. The lowest BCUT2D eigenvalue weighted by Crippen LogP contribution is -2.50. The van der Waals surface area contributed by atoms with Crippen molar-refractivity contribution >= 4 is 17.8 Å². The van der Waals surface area contributed by atoms with Crippen molar-refractivity contribution in [3.63, 3.8) is 0 Å². The molecule has 0 aromatic heterocycles. The molecule has 1 aliphatic heterocycles. The van der Waals surface area contributed by atoms with Crippen molar-refractivity contribution in [2.45, 2.75) is 45.1 Å². The zero-order chi connectivity index (χ0) is 19.9. The molecule has 1 saturated carbocycles. The standard InChI is InChI=1S/C21H30N4O3/c22-21(28)23-15-17-6-8-18(9-7-17)20(27)25-12-10-24(11-13-25)19(26)14-16-4-2-1-3-5-16/h6-9,16H,1-5,10-15H2,(H3,22,23,28). The van der Waals surface area contributed by atoms with E-state index in [4.69, 9.17) is 5.73 Å². The highest BCUT2D eigenvalue weighted by Crippen LogP contribution is 2.27. The van der Waals surface area contributed by atoms with Gasteiger partial charge in [-0.1, -0.05) is 31.4 Å². The fourth-order valence-electron chi connectivity index (χ4n) is 4.06. The summed E-state index contributed by atoms with van der Waals surface area (Å²) in [5.74, 6) is 0.766. The summed E-state index contributed by atoms with van der Waals surface area (Å²) < 4.78 is 0. The van der Waals surface area contributed by atoms with Crippen LogP contribution in [-0.4, -0.2) is 53.8 Å². The maximum atomic E-state index is 12.7. The summed E-state index contributed by atoms with van der Waals surface area (Å²) in [6.45, 7) is 2.70. The number of nitrogens with one attached hydrogen (secondary N) is 1. The SMILES string of the molecule is NC(=O)NCc1ccc(C(=O)N2CCN(C(=O)CC3CCCCC3)CC2)cc1. The molecule has 0 bridgehead atoms. The zero-order valence-electron chi connectivity index (χ0n) is 16.4. The van der Waals surface area contributed by atoms with Gasteiger partial charge in [0.1, 0.15) is 0 Å². The second-order valence-electron chi connectivity index (χ2n) is 7.80. The minimum atomic E-state index is -0.573. The van der Waals surface area contributed by atoms with E-state index in [0.717, 1.165) is 5.56 Å². The van der Waals surface area contributed by atoms with Gasteiger partial charge in [0.05, 0.1) is 0 Å². The van der Waals surface area contributed by atoms with Crippen LogP contribution >= 0.6 is 0 Å². The van der Waals surface area contributed by atoms with E-state index >= 15 is 0 Å². The molecule has 28 heavy (non-hydrogen) atoms. The zero-order valence-corrected chi connectivity index (χ0v) is 16.4. The van der Waals surface area contributed by atoms with Crippen LogP contribution in [0, 0.1) is 5.92 Å². The van der Waals surface area contributed by atoms with Gasteiger partial charge in [-0.3, -0.25) is 9.59 Å². The van der Waals surface area contributed by atoms with Gasteiger partial charge >= 0.3 is 6.03 Å². The Morgan fingerprint density at radius 2 is 1.54 bits per heavy atom. The third-order valence-corrected chi connectivity index (χ3v) is 5.78. The summed E-state index contributed by atoms with van der Waals surface area (Å²) in [5, 5.41) is 2.52. The number of hydrogen-bond acceptors (Lipinski definition) is 3. The van der Waals surface area contributed by atoms with Crippen molar-refractivity contribution < 1.29 is 14.4 Å². The molecule has 4 amide bonds. The number of carbonyl (C=O) groups excluding carboxylic acids is 3. The number of nitrogens with two attached hydrogens (primary N) is 1. The summed E-state index contributed by atoms with van der Waals surface area (Å²) in [5.41, 5.74) is 6.56. The smallest absolute Gasteiger partial charge is 0.312 e. The van der Waals surface area contributed by atoms with Gasteiger partial charge in [-0.25, -0.2) is 4.79 Å². The van der Waals surface area contributed by atoms with Crippen LogP contribution in [-0.2, 0) is 11.3 Å². The van der Waals surface area contributed by atoms with E-state index in [1.54, 1.807) is 17.0 Å². The van der Waals surface area contributed by atoms with E-state index in [-0.39, 0.29) is 11.8 Å². The molecule has 2 fully saturated rings. The summed E-state index contributed by atoms with van der Waals surface area (Å²) in [7, 11) is 0. The molecular weight excluding hydrogens is 356 g/mol. The number of urea groups is 1. The van der Waals surface area contributed by atoms with Crippen LogP contribution in [0.5, 0.6) is 0 Å². The Morgan fingerprint density at radius 3 is 2.14 bits per heavy atom. The average molecular weight is 386 g/mol. The van der Waals surface area contributed by atoms with E-state index in [0.29, 0.717) is 50.6 Å². The summed E-state index contributed by atoms with van der Waals surface area (Å²) in [6.07, 6.45) is 6.81. The van der Waals surface area contributed by atoms with Crippen LogP contribution in [0.1, 0.15) is 54.4 Å². The molecule has 3 N–H and O–H groups in total. The Kier molecular flexibility index (Phi) is 6.90. The number of benzene rings is 1. The fraction of sp³-hybridized carbons (Fsp3) is 0.571. The average Bonchev–Trinajstić information content (AvgIpc) is 2.73. The first-order chi connectivity index (χ1) is 13.5. The molecule has 7 nitrogen and oxygen atoms in total. The second-order valence-corrected chi connectivity index (χ2v) is 7.80. The molecule has 1 aromatic carbocycles. The maximum absolute atomic E-state index is 12.7. The molecule has 1 aromatic rings. The van der Waals surface area contributed by atoms with Crippen LogP contribution in [0.3, 0.4) is 0 Å². The fourth-order valence-corrected chi connectivity index (χ4v) is 4.06. The second kappa shape index (κ2) is 9.57. The van der Waals surface area contributed by atoms with E-state index in [1.165, 1.54) is 32.1 Å². The molecule has 1 aliphatic carbocycles. The largest absolute Gasteiger partial charge is 0.352 e. The van der Waals surface area contributed by atoms with Crippen molar-refractivity contribution in [2.24, 2.45) is 11.7 Å². The summed E-state index contributed by atoms with van der Waals surface area (Å²) >= 11 is 0. The molecule has 1 heterocycles. The predicted octanol–water partition coefficient (Wildman–Crippen LogP) is 2.11. The lowest BCUT2D eigenvalue weighted by atomic mass is 9.86. The topological polar surface area (TPSA) is 95.7 Å². The van der Waals surface area contributed by atoms with Crippen LogP contribution in [0.4, 0.5) is 4.79 Å². The first kappa shape index (κ1) is 20.2. The van der Waals surface area contributed by atoms with E-state index in [1.807, 2.05) is 17.0 Å². The minimum Gasteiger partial charge on any atom is -0.352 e. The molecule has 3 rings (SSSR count). The van der Waals surface area contributed by atoms with Gasteiger partial charge in [0.25, 0.3) is 5.91 Å². The number of piperazine rings is 1. The number of primary amides is 1. The number of amides is 4. The molecule has 1 saturated heterocycles. The number of nitrogens with zero attached hydrogens (tertiary/aromatic N) is 2. The van der Waals surface area contributed by atoms with Crippen LogP contribution in [0.15, 0.2) is 24.3 Å². The Hall–Kier alpha value is -2.57. The Balaban J connectivity index is 1.46. The lowest BCUT2D eigenvalue weighted by molar-refractivity contribution is -0.133. The maximum Gasteiger partial charge on any atom is 0.312 e. The Labute approximate surface area is 166 Å². The van der Waals surface area contributed by atoms with Crippen molar-refractivity contribution in [3.8, 4) is 0 Å². The van der Waals surface area contributed by atoms with Gasteiger partial charge in [-0.2, -0.15) is 0 Å². The highest BCUT2D eigenvalue weighted by molar-refractivity contribution is 5.94. The van der Waals surface area contributed by atoms with Gasteiger partial charge in [-0.15, -0.1) is 0 Å². The first-order valence-corrected chi connectivity index (χ1v) is 10.2. The third kappa shape index (κ3) is 5.47. The molecule has 2 aliphatic rings. The quantitative estimate of drug-likeness (QED) is 0.811. The van der Waals surface area contributed by atoms with Crippen molar-refractivity contribution in [2.75, 3.05) is 26.2 Å². The highest BCUT2D eigenvalue weighted by atomic mass is 16.2. The van der Waals surface area contributed by atoms with Gasteiger partial charge in [0, 0.05) is 44.7 Å². The Bertz CT molecular complexity index is 690. The van der Waals surface area contributed by atoms with Gasteiger partial charge < -0.3 is 20.9 Å². The molecule has 0 unspecified atom stereocenters. The van der Waals surface area contributed by atoms with Crippen LogP contribution in [0.2, 0.25) is 0 Å². The normalized spacial score (nSPS) is 18.0. The monoisotopic (exact) mass is 386 g/mol. The Morgan fingerprint density at radius 1 is 0.929 bits per heavy atom. The van der Waals surface area contributed by atoms with Crippen LogP contribution in [0.25, 0.3) is 0 Å². The molecule has 7 heteroatoms. The minimum absolute atomic E-state index is 0.0196. The van der Waals surface area contributed by atoms with E-state index < -0.39 is 6.03 Å². The lowest BCUT2D eigenvalue weighted by Gasteiger charge is -2.35. The summed E-state index contributed by atoms with van der Waals surface area (Å²) in [4.78, 5) is 39.7. The third-order valence-electron chi connectivity index (χ3n) is 5.78. The highest BCUT2D eigenvalue weighted by Gasteiger charge is 2.26. The first-order valence-electron chi connectivity index (χ1n) is 10.2. The van der Waals surface area contributed by atoms with E-state index in [2.05, 4.69) is 5.32 Å². The number of carbonyl (C=O) groups is 3. The molecule has 152 valence electrons. The molecule has 0 spiro atoms. The molecule has 0 radical (unpaired) electrons. The van der Waals surface area contributed by atoms with Crippen molar-refractivity contribution in [1.29, 1.82) is 0 Å². The van der Waals surface area contributed by atoms with Gasteiger partial charge in [-0.05, 0) is 36.5 Å². The van der Waals surface area contributed by atoms with Crippen molar-refractivity contribution in [3.05, 3.63) is 35.4 Å². The number of rotatable bonds is 5. The van der Waals surface area contributed by atoms with Gasteiger partial charge in [0.15, 0.2) is 0 Å². The molecular formula is C21H30N4O3. The number of hydrogen-bond donors (Lipinski definition) is 2. The van der Waals surface area contributed by atoms with Gasteiger partial charge in [0.2, 0.25) is 5.91 Å².